The van der Waals surface area contributed by atoms with Crippen molar-refractivity contribution < 1.29 is 4.79 Å². The van der Waals surface area contributed by atoms with Crippen LogP contribution in [0.1, 0.15) is 36.2 Å². The van der Waals surface area contributed by atoms with Gasteiger partial charge in [-0.3, -0.25) is 4.79 Å². The Balaban J connectivity index is 2.22. The van der Waals surface area contributed by atoms with Crippen molar-refractivity contribution in [2.24, 2.45) is 0 Å². The molecule has 0 bridgehead atoms. The number of carbonyl (C=O) groups excluding carboxylic acids is 1. The zero-order valence-electron chi connectivity index (χ0n) is 9.29. The molecule has 0 saturated carbocycles. The van der Waals surface area contributed by atoms with Gasteiger partial charge in [-0.25, -0.2) is 0 Å². The smallest absolute Gasteiger partial charge is 0.180 e. The Morgan fingerprint density at radius 3 is 2.80 bits per heavy atom. The summed E-state index contributed by atoms with van der Waals surface area (Å²) in [5.41, 5.74) is 2.10. The highest BCUT2D eigenvalue weighted by atomic mass is 16.1. The van der Waals surface area contributed by atoms with E-state index in [1.54, 1.807) is 0 Å². The first-order chi connectivity index (χ1) is 7.18. The van der Waals surface area contributed by atoms with Crippen molar-refractivity contribution in [3.8, 4) is 0 Å². The number of Topliss-reactive ketones (excluding diaryl/α,β-unsaturated/α-hetero) is 1. The van der Waals surface area contributed by atoms with E-state index in [1.807, 2.05) is 18.2 Å². The Kier molecular flexibility index (Phi) is 2.87. The van der Waals surface area contributed by atoms with Gasteiger partial charge in [0.25, 0.3) is 0 Å². The number of ketones is 1. The fraction of sp³-hybridized carbons (Fsp3) is 0.462. The number of hydrogen-bond donors (Lipinski definition) is 1. The lowest BCUT2D eigenvalue weighted by Crippen LogP contribution is -2.43. The second kappa shape index (κ2) is 4.15. The average molecular weight is 203 g/mol. The number of carbonyl (C=O) groups is 1. The maximum atomic E-state index is 12.1. The minimum absolute atomic E-state index is 0.0138. The van der Waals surface area contributed by atoms with E-state index in [9.17, 15) is 4.79 Å². The monoisotopic (exact) mass is 203 g/mol. The minimum Gasteiger partial charge on any atom is -0.305 e. The predicted octanol–water partition coefficient (Wildman–Crippen LogP) is 2.18. The summed E-state index contributed by atoms with van der Waals surface area (Å²) < 4.78 is 0. The van der Waals surface area contributed by atoms with E-state index in [-0.39, 0.29) is 11.8 Å². The van der Waals surface area contributed by atoms with Crippen molar-refractivity contribution in [1.29, 1.82) is 0 Å². The molecule has 1 N–H and O–H groups in total. The molecule has 1 aromatic carbocycles. The van der Waals surface area contributed by atoms with Gasteiger partial charge >= 0.3 is 0 Å². The molecule has 1 aliphatic rings. The van der Waals surface area contributed by atoms with Gasteiger partial charge in [-0.05, 0) is 18.4 Å². The lowest BCUT2D eigenvalue weighted by atomic mass is 9.87. The third-order valence-corrected chi connectivity index (χ3v) is 2.84. The van der Waals surface area contributed by atoms with Crippen LogP contribution in [-0.2, 0) is 6.42 Å². The van der Waals surface area contributed by atoms with Gasteiger partial charge in [0.15, 0.2) is 5.78 Å². The molecule has 15 heavy (non-hydrogen) atoms. The Labute approximate surface area is 90.7 Å². The predicted molar refractivity (Wildman–Crippen MR) is 61.2 cm³/mol. The molecular formula is C13H17NO. The summed E-state index contributed by atoms with van der Waals surface area (Å²) in [6.07, 6.45) is 1.93. The van der Waals surface area contributed by atoms with Crippen molar-refractivity contribution in [3.63, 3.8) is 0 Å². The summed E-state index contributed by atoms with van der Waals surface area (Å²) in [6.45, 7) is 4.15. The zero-order chi connectivity index (χ0) is 10.8. The molecule has 1 atom stereocenters. The first kappa shape index (κ1) is 10.4. The topological polar surface area (TPSA) is 29.1 Å². The van der Waals surface area contributed by atoms with Crippen LogP contribution in [0, 0.1) is 0 Å². The number of fused-ring (bicyclic) bond motifs is 1. The maximum Gasteiger partial charge on any atom is 0.180 e. The summed E-state index contributed by atoms with van der Waals surface area (Å²) in [6, 6.07) is 8.31. The normalized spacial score (nSPS) is 20.5. The van der Waals surface area contributed by atoms with E-state index in [2.05, 4.69) is 25.2 Å². The van der Waals surface area contributed by atoms with Crippen LogP contribution in [-0.4, -0.2) is 17.9 Å². The Bertz CT molecular complexity index is 371. The second-order valence-corrected chi connectivity index (χ2v) is 4.43. The maximum absolute atomic E-state index is 12.1. The number of nitrogens with one attached hydrogen (secondary N) is 1. The van der Waals surface area contributed by atoms with Crippen LogP contribution in [0.2, 0.25) is 0 Å². The lowest BCUT2D eigenvalue weighted by Gasteiger charge is -2.25. The van der Waals surface area contributed by atoms with E-state index in [0.29, 0.717) is 6.04 Å². The van der Waals surface area contributed by atoms with E-state index < -0.39 is 0 Å². The van der Waals surface area contributed by atoms with Crippen LogP contribution in [0.25, 0.3) is 0 Å². The summed E-state index contributed by atoms with van der Waals surface area (Å²) in [5, 5.41) is 3.32. The second-order valence-electron chi connectivity index (χ2n) is 4.43. The number of benzene rings is 1. The highest BCUT2D eigenvalue weighted by Crippen LogP contribution is 2.21. The van der Waals surface area contributed by atoms with Crippen LogP contribution in [0.5, 0.6) is 0 Å². The fourth-order valence-electron chi connectivity index (χ4n) is 2.16. The number of rotatable bonds is 2. The third kappa shape index (κ3) is 2.10. The molecule has 0 aromatic heterocycles. The molecule has 0 amide bonds. The van der Waals surface area contributed by atoms with Gasteiger partial charge in [0.05, 0.1) is 6.04 Å². The van der Waals surface area contributed by atoms with Crippen molar-refractivity contribution in [2.45, 2.75) is 38.8 Å². The molecule has 2 rings (SSSR count). The average Bonchev–Trinajstić information content (AvgIpc) is 2.22. The largest absolute Gasteiger partial charge is 0.305 e. The molecule has 2 nitrogen and oxygen atoms in total. The van der Waals surface area contributed by atoms with Crippen LogP contribution < -0.4 is 5.32 Å². The number of aryl methyl sites for hydroxylation is 1. The quantitative estimate of drug-likeness (QED) is 0.798. The standard InChI is InChI=1S/C13H17NO/c1-9(2)14-12-8-7-10-5-3-4-6-11(10)13(12)15/h3-6,9,12,14H,7-8H2,1-2H3. The molecule has 1 aromatic rings. The molecule has 2 heteroatoms. The van der Waals surface area contributed by atoms with Crippen LogP contribution >= 0.6 is 0 Å². The molecule has 0 radical (unpaired) electrons. The zero-order valence-corrected chi connectivity index (χ0v) is 9.29. The Hall–Kier alpha value is -1.15. The molecule has 0 saturated heterocycles. The van der Waals surface area contributed by atoms with Crippen molar-refractivity contribution in [3.05, 3.63) is 35.4 Å². The minimum atomic E-state index is 0.0138. The fourth-order valence-corrected chi connectivity index (χ4v) is 2.16. The first-order valence-electron chi connectivity index (χ1n) is 5.56. The lowest BCUT2D eigenvalue weighted by molar-refractivity contribution is 0.0922. The summed E-state index contributed by atoms with van der Waals surface area (Å²) in [4.78, 5) is 12.1. The Morgan fingerprint density at radius 1 is 1.33 bits per heavy atom. The van der Waals surface area contributed by atoms with E-state index in [4.69, 9.17) is 0 Å². The highest BCUT2D eigenvalue weighted by molar-refractivity contribution is 6.02. The molecule has 80 valence electrons. The van der Waals surface area contributed by atoms with Gasteiger partial charge in [-0.2, -0.15) is 0 Å². The molecule has 0 heterocycles. The van der Waals surface area contributed by atoms with Gasteiger partial charge in [-0.15, -0.1) is 0 Å². The molecule has 0 aliphatic heterocycles. The first-order valence-corrected chi connectivity index (χ1v) is 5.56. The highest BCUT2D eigenvalue weighted by Gasteiger charge is 2.26. The number of hydrogen-bond acceptors (Lipinski definition) is 2. The van der Waals surface area contributed by atoms with Crippen LogP contribution in [0.15, 0.2) is 24.3 Å². The third-order valence-electron chi connectivity index (χ3n) is 2.84. The van der Waals surface area contributed by atoms with E-state index in [0.717, 1.165) is 18.4 Å². The summed E-state index contributed by atoms with van der Waals surface area (Å²) in [7, 11) is 0. The molecule has 1 unspecified atom stereocenters. The van der Waals surface area contributed by atoms with Crippen molar-refractivity contribution in [1.82, 2.24) is 5.32 Å². The van der Waals surface area contributed by atoms with E-state index >= 15 is 0 Å². The van der Waals surface area contributed by atoms with Crippen molar-refractivity contribution >= 4 is 5.78 Å². The van der Waals surface area contributed by atoms with Crippen LogP contribution in [0.4, 0.5) is 0 Å². The molecule has 0 fully saturated rings. The SMILES string of the molecule is CC(C)NC1CCc2ccccc2C1=O. The summed E-state index contributed by atoms with van der Waals surface area (Å²) in [5.74, 6) is 0.255. The Morgan fingerprint density at radius 2 is 2.07 bits per heavy atom. The molecular weight excluding hydrogens is 186 g/mol. The van der Waals surface area contributed by atoms with Crippen LogP contribution in [0.3, 0.4) is 0 Å². The summed E-state index contributed by atoms with van der Waals surface area (Å²) >= 11 is 0. The van der Waals surface area contributed by atoms with Gasteiger partial charge in [0.1, 0.15) is 0 Å². The van der Waals surface area contributed by atoms with Gasteiger partial charge in [0, 0.05) is 11.6 Å². The van der Waals surface area contributed by atoms with Gasteiger partial charge in [-0.1, -0.05) is 38.1 Å². The molecule has 0 spiro atoms. The van der Waals surface area contributed by atoms with Gasteiger partial charge < -0.3 is 5.32 Å². The molecule has 1 aliphatic carbocycles. The van der Waals surface area contributed by atoms with Gasteiger partial charge in [0.2, 0.25) is 0 Å². The van der Waals surface area contributed by atoms with E-state index in [1.165, 1.54) is 5.56 Å². The van der Waals surface area contributed by atoms with Crippen molar-refractivity contribution in [2.75, 3.05) is 0 Å².